The molecule has 0 saturated heterocycles. The van der Waals surface area contributed by atoms with Gasteiger partial charge in [-0.2, -0.15) is 0 Å². The van der Waals surface area contributed by atoms with E-state index >= 15 is 0 Å². The molecule has 0 atom stereocenters. The summed E-state index contributed by atoms with van der Waals surface area (Å²) in [6.07, 6.45) is 0. The number of nitrogens with zero attached hydrogens (tertiary/aromatic N) is 4. The lowest BCUT2D eigenvalue weighted by molar-refractivity contribution is 0.671. The number of benzene rings is 8. The molecular formula is C50H30N4O. The fourth-order valence-corrected chi connectivity index (χ4v) is 8.77. The summed E-state index contributed by atoms with van der Waals surface area (Å²) in [4.78, 5) is 10.9. The van der Waals surface area contributed by atoms with Crippen molar-refractivity contribution in [2.75, 3.05) is 0 Å². The van der Waals surface area contributed by atoms with Crippen molar-refractivity contribution >= 4 is 76.5 Å². The Kier molecular flexibility index (Phi) is 6.27. The van der Waals surface area contributed by atoms with Crippen LogP contribution >= 0.6 is 0 Å². The van der Waals surface area contributed by atoms with Gasteiger partial charge in [-0.3, -0.25) is 4.57 Å². The first-order valence-corrected chi connectivity index (χ1v) is 18.6. The van der Waals surface area contributed by atoms with Crippen LogP contribution in [0.25, 0.3) is 110 Å². The van der Waals surface area contributed by atoms with Gasteiger partial charge >= 0.3 is 0 Å². The molecule has 0 aliphatic rings. The maximum absolute atomic E-state index is 6.94. The molecule has 0 radical (unpaired) electrons. The van der Waals surface area contributed by atoms with Gasteiger partial charge in [-0.15, -0.1) is 0 Å². The Balaban J connectivity index is 1.27. The third kappa shape index (κ3) is 4.29. The standard InChI is InChI=1S/C50H30N4O/c1-3-15-31(16-4-1)32-27-29-33(30-28-32)46-35-19-7-11-23-39(35)51-50(52-46)54-41-25-13-8-20-36(41)43-44-38-22-10-14-26-42(38)55-49(44)48-45(47(43)54)37-21-9-12-24-40(37)53(48)34-17-5-2-6-18-34/h1-30H. The Morgan fingerprint density at radius 2 is 0.945 bits per heavy atom. The Hall–Kier alpha value is -7.50. The fraction of sp³-hybridized carbons (Fsp3) is 0. The Labute approximate surface area is 315 Å². The normalized spacial score (nSPS) is 12.0. The van der Waals surface area contributed by atoms with Crippen LogP contribution in [-0.4, -0.2) is 19.1 Å². The molecule has 4 heterocycles. The van der Waals surface area contributed by atoms with Crippen molar-refractivity contribution in [3.8, 4) is 34.0 Å². The first-order valence-electron chi connectivity index (χ1n) is 18.6. The molecule has 8 aromatic carbocycles. The van der Waals surface area contributed by atoms with E-state index in [-0.39, 0.29) is 0 Å². The average molecular weight is 703 g/mol. The highest BCUT2D eigenvalue weighted by atomic mass is 16.3. The van der Waals surface area contributed by atoms with E-state index in [0.29, 0.717) is 5.95 Å². The van der Waals surface area contributed by atoms with E-state index in [4.69, 9.17) is 14.4 Å². The second-order valence-electron chi connectivity index (χ2n) is 14.1. The van der Waals surface area contributed by atoms with Crippen LogP contribution in [0.1, 0.15) is 0 Å². The van der Waals surface area contributed by atoms with E-state index in [0.717, 1.165) is 93.4 Å². The summed E-state index contributed by atoms with van der Waals surface area (Å²) >= 11 is 0. The van der Waals surface area contributed by atoms with Crippen molar-refractivity contribution in [1.82, 2.24) is 19.1 Å². The van der Waals surface area contributed by atoms with E-state index in [1.54, 1.807) is 0 Å². The van der Waals surface area contributed by atoms with Gasteiger partial charge in [0.25, 0.3) is 0 Å². The van der Waals surface area contributed by atoms with Crippen molar-refractivity contribution < 1.29 is 4.42 Å². The van der Waals surface area contributed by atoms with Crippen LogP contribution in [0.15, 0.2) is 186 Å². The lowest BCUT2D eigenvalue weighted by atomic mass is 10.0. The summed E-state index contributed by atoms with van der Waals surface area (Å²) in [6, 6.07) is 63.9. The zero-order valence-electron chi connectivity index (χ0n) is 29.5. The SMILES string of the molecule is c1ccc(-c2ccc(-c3nc(-n4c5ccccc5c5c6c7ccccc7oc6c6c(c7ccccc7n6-c6ccccc6)c54)nc4ccccc34)cc2)cc1. The van der Waals surface area contributed by atoms with Crippen LogP contribution in [0.3, 0.4) is 0 Å². The molecule has 5 nitrogen and oxygen atoms in total. The molecule has 0 spiro atoms. The Morgan fingerprint density at radius 3 is 1.71 bits per heavy atom. The van der Waals surface area contributed by atoms with Gasteiger partial charge in [-0.25, -0.2) is 9.97 Å². The molecule has 12 rings (SSSR count). The smallest absolute Gasteiger partial charge is 0.235 e. The maximum atomic E-state index is 6.94. The predicted molar refractivity (Wildman–Crippen MR) is 226 cm³/mol. The van der Waals surface area contributed by atoms with E-state index in [1.807, 2.05) is 12.1 Å². The highest BCUT2D eigenvalue weighted by molar-refractivity contribution is 6.39. The third-order valence-corrected chi connectivity index (χ3v) is 11.1. The summed E-state index contributed by atoms with van der Waals surface area (Å²) in [6.45, 7) is 0. The van der Waals surface area contributed by atoms with Gasteiger partial charge in [-0.1, -0.05) is 146 Å². The molecule has 0 amide bonds. The van der Waals surface area contributed by atoms with Gasteiger partial charge < -0.3 is 8.98 Å². The van der Waals surface area contributed by atoms with Crippen molar-refractivity contribution in [3.05, 3.63) is 182 Å². The molecule has 256 valence electrons. The molecule has 0 aliphatic heterocycles. The van der Waals surface area contributed by atoms with E-state index < -0.39 is 0 Å². The minimum absolute atomic E-state index is 0.622. The van der Waals surface area contributed by atoms with E-state index in [9.17, 15) is 0 Å². The molecule has 55 heavy (non-hydrogen) atoms. The van der Waals surface area contributed by atoms with E-state index in [1.165, 1.54) is 11.1 Å². The van der Waals surface area contributed by atoms with Crippen molar-refractivity contribution in [2.45, 2.75) is 0 Å². The Bertz CT molecular complexity index is 3470. The van der Waals surface area contributed by atoms with Crippen molar-refractivity contribution in [3.63, 3.8) is 0 Å². The molecule has 0 N–H and O–H groups in total. The number of furan rings is 1. The molecule has 5 heteroatoms. The second-order valence-corrected chi connectivity index (χ2v) is 14.1. The summed E-state index contributed by atoms with van der Waals surface area (Å²) in [7, 11) is 0. The minimum Gasteiger partial charge on any atom is -0.454 e. The molecule has 12 aromatic rings. The van der Waals surface area contributed by atoms with Crippen molar-refractivity contribution in [2.24, 2.45) is 0 Å². The highest BCUT2D eigenvalue weighted by Crippen LogP contribution is 2.49. The quantitative estimate of drug-likeness (QED) is 0.183. The summed E-state index contributed by atoms with van der Waals surface area (Å²) < 4.78 is 11.6. The van der Waals surface area contributed by atoms with Crippen LogP contribution in [0.2, 0.25) is 0 Å². The first-order chi connectivity index (χ1) is 27.3. The minimum atomic E-state index is 0.622. The van der Waals surface area contributed by atoms with Gasteiger partial charge in [0.1, 0.15) is 5.58 Å². The third-order valence-electron chi connectivity index (χ3n) is 11.1. The summed E-state index contributed by atoms with van der Waals surface area (Å²) in [5.41, 5.74) is 12.2. The van der Waals surface area contributed by atoms with Crippen LogP contribution in [-0.2, 0) is 0 Å². The molecule has 0 aliphatic carbocycles. The van der Waals surface area contributed by atoms with Gasteiger partial charge in [0, 0.05) is 49.0 Å². The van der Waals surface area contributed by atoms with Crippen molar-refractivity contribution in [1.29, 1.82) is 0 Å². The van der Waals surface area contributed by atoms with Crippen LogP contribution in [0.4, 0.5) is 0 Å². The topological polar surface area (TPSA) is 48.8 Å². The lowest BCUT2D eigenvalue weighted by Crippen LogP contribution is -2.04. The van der Waals surface area contributed by atoms with Crippen LogP contribution < -0.4 is 0 Å². The molecule has 4 aromatic heterocycles. The number of aromatic nitrogens is 4. The Morgan fingerprint density at radius 1 is 0.382 bits per heavy atom. The molecule has 0 bridgehead atoms. The van der Waals surface area contributed by atoms with Gasteiger partial charge in [0.15, 0.2) is 5.58 Å². The zero-order chi connectivity index (χ0) is 36.0. The molecule has 0 fully saturated rings. The first kappa shape index (κ1) is 30.0. The number of hydrogen-bond donors (Lipinski definition) is 0. The number of hydrogen-bond acceptors (Lipinski definition) is 3. The summed E-state index contributed by atoms with van der Waals surface area (Å²) in [5.74, 6) is 0.622. The highest BCUT2D eigenvalue weighted by Gasteiger charge is 2.28. The predicted octanol–water partition coefficient (Wildman–Crippen LogP) is 13.1. The largest absolute Gasteiger partial charge is 0.454 e. The maximum Gasteiger partial charge on any atom is 0.235 e. The second kappa shape index (κ2) is 11.5. The average Bonchev–Trinajstić information content (AvgIpc) is 3.92. The number of rotatable bonds is 4. The van der Waals surface area contributed by atoms with Gasteiger partial charge in [-0.05, 0) is 47.5 Å². The van der Waals surface area contributed by atoms with E-state index in [2.05, 4.69) is 179 Å². The zero-order valence-corrected chi connectivity index (χ0v) is 29.5. The lowest BCUT2D eigenvalue weighted by Gasteiger charge is -2.13. The van der Waals surface area contributed by atoms with Crippen LogP contribution in [0, 0.1) is 0 Å². The molecule has 0 saturated carbocycles. The summed E-state index contributed by atoms with van der Waals surface area (Å²) in [5, 5.41) is 7.66. The van der Waals surface area contributed by atoms with Crippen LogP contribution in [0.5, 0.6) is 0 Å². The molecule has 0 unspecified atom stereocenters. The van der Waals surface area contributed by atoms with Gasteiger partial charge in [0.2, 0.25) is 5.95 Å². The molecular weight excluding hydrogens is 673 g/mol. The fourth-order valence-electron chi connectivity index (χ4n) is 8.77. The van der Waals surface area contributed by atoms with Gasteiger partial charge in [0.05, 0.1) is 33.3 Å². The number of fused-ring (bicyclic) bond motifs is 13. The monoisotopic (exact) mass is 702 g/mol. The number of para-hydroxylation sites is 5.